The Hall–Kier alpha value is -0.900. The van der Waals surface area contributed by atoms with E-state index in [4.69, 9.17) is 4.42 Å². The summed E-state index contributed by atoms with van der Waals surface area (Å²) in [7, 11) is 0. The monoisotopic (exact) mass is 207 g/mol. The molecule has 15 heavy (non-hydrogen) atoms. The van der Waals surface area contributed by atoms with Crippen LogP contribution in [0.4, 0.5) is 0 Å². The third-order valence-electron chi connectivity index (χ3n) is 4.00. The molecule has 0 radical (unpaired) electrons. The van der Waals surface area contributed by atoms with Gasteiger partial charge in [-0.25, -0.2) is 0 Å². The highest BCUT2D eigenvalue weighted by molar-refractivity contribution is 5.02. The molecule has 2 aliphatic rings. The van der Waals surface area contributed by atoms with Crippen molar-refractivity contribution in [3.05, 3.63) is 12.3 Å². The smallest absolute Gasteiger partial charge is 0.219 e. The van der Waals surface area contributed by atoms with E-state index in [1.54, 1.807) is 0 Å². The van der Waals surface area contributed by atoms with Crippen molar-refractivity contribution < 1.29 is 4.42 Å². The Labute approximate surface area is 89.5 Å². The Morgan fingerprint density at radius 3 is 2.80 bits per heavy atom. The molecule has 1 saturated carbocycles. The fourth-order valence-electron chi connectivity index (χ4n) is 3.07. The van der Waals surface area contributed by atoms with Crippen molar-refractivity contribution in [1.29, 1.82) is 0 Å². The summed E-state index contributed by atoms with van der Waals surface area (Å²) in [5.41, 5.74) is 0.455. The van der Waals surface area contributed by atoms with E-state index in [0.29, 0.717) is 11.5 Å². The predicted octanol–water partition coefficient (Wildman–Crippen LogP) is 1.85. The van der Waals surface area contributed by atoms with E-state index >= 15 is 0 Å². The third-order valence-corrected chi connectivity index (χ3v) is 4.00. The lowest BCUT2D eigenvalue weighted by Crippen LogP contribution is -2.42. The largest absolute Gasteiger partial charge is 0.428 e. The van der Waals surface area contributed by atoms with Gasteiger partial charge in [0.1, 0.15) is 0 Å². The van der Waals surface area contributed by atoms with Crippen LogP contribution in [0.3, 0.4) is 0 Å². The number of nitrogens with zero attached hydrogens (tertiary/aromatic N) is 2. The molecule has 3 rings (SSSR count). The van der Waals surface area contributed by atoms with Crippen LogP contribution >= 0.6 is 0 Å². The number of nitrogens with one attached hydrogen (secondary N) is 1. The van der Waals surface area contributed by atoms with Crippen molar-refractivity contribution in [3.63, 3.8) is 0 Å². The molecule has 1 aliphatic carbocycles. The van der Waals surface area contributed by atoms with Crippen molar-refractivity contribution >= 4 is 0 Å². The van der Waals surface area contributed by atoms with Gasteiger partial charge in [0.15, 0.2) is 0 Å². The molecule has 2 fully saturated rings. The molecule has 1 aromatic heterocycles. The lowest BCUT2D eigenvalue weighted by atomic mass is 9.76. The van der Waals surface area contributed by atoms with Gasteiger partial charge >= 0.3 is 0 Å². The van der Waals surface area contributed by atoms with Gasteiger partial charge in [-0.2, -0.15) is 0 Å². The summed E-state index contributed by atoms with van der Waals surface area (Å²) in [5, 5.41) is 11.4. The Bertz CT molecular complexity index is 307. The van der Waals surface area contributed by atoms with E-state index in [2.05, 4.69) is 15.5 Å². The predicted molar refractivity (Wildman–Crippen MR) is 55.5 cm³/mol. The average Bonchev–Trinajstić information content (AvgIpc) is 2.91. The van der Waals surface area contributed by atoms with Crippen LogP contribution in [0, 0.1) is 0 Å². The SMILES string of the molecule is c1nnc(C2CCC3(CCCN3)CC2)o1. The molecule has 4 heteroatoms. The van der Waals surface area contributed by atoms with Crippen LogP contribution in [-0.2, 0) is 0 Å². The number of hydrogen-bond donors (Lipinski definition) is 1. The standard InChI is InChI=1S/C11H17N3O/c1-4-11(12-7-1)5-2-9(3-6-11)10-14-13-8-15-10/h8-9,12H,1-7H2. The summed E-state index contributed by atoms with van der Waals surface area (Å²) >= 11 is 0. The van der Waals surface area contributed by atoms with Gasteiger partial charge in [-0.05, 0) is 45.1 Å². The van der Waals surface area contributed by atoms with Crippen molar-refractivity contribution in [2.45, 2.75) is 50.0 Å². The van der Waals surface area contributed by atoms with Crippen LogP contribution in [0.5, 0.6) is 0 Å². The van der Waals surface area contributed by atoms with Crippen molar-refractivity contribution in [3.8, 4) is 0 Å². The molecule has 0 bridgehead atoms. The summed E-state index contributed by atoms with van der Waals surface area (Å²) < 4.78 is 5.28. The maximum absolute atomic E-state index is 5.28. The molecule has 4 nitrogen and oxygen atoms in total. The molecule has 1 aromatic rings. The summed E-state index contributed by atoms with van der Waals surface area (Å²) in [6, 6.07) is 0. The van der Waals surface area contributed by atoms with Crippen molar-refractivity contribution in [2.24, 2.45) is 0 Å². The third kappa shape index (κ3) is 1.67. The molecule has 0 aromatic carbocycles. The highest BCUT2D eigenvalue weighted by Gasteiger charge is 2.38. The van der Waals surface area contributed by atoms with E-state index in [0.717, 1.165) is 5.89 Å². The second-order valence-corrected chi connectivity index (χ2v) is 4.86. The minimum absolute atomic E-state index is 0.455. The summed E-state index contributed by atoms with van der Waals surface area (Å²) in [5.74, 6) is 1.34. The molecule has 82 valence electrons. The average molecular weight is 207 g/mol. The minimum atomic E-state index is 0.455. The minimum Gasteiger partial charge on any atom is -0.428 e. The van der Waals surface area contributed by atoms with Crippen LogP contribution < -0.4 is 5.32 Å². The van der Waals surface area contributed by atoms with Crippen molar-refractivity contribution in [2.75, 3.05) is 6.54 Å². The summed E-state index contributed by atoms with van der Waals surface area (Å²) in [6.07, 6.45) is 9.03. The van der Waals surface area contributed by atoms with Crippen LogP contribution in [-0.4, -0.2) is 22.3 Å². The van der Waals surface area contributed by atoms with Crippen LogP contribution in [0.25, 0.3) is 0 Å². The first-order valence-corrected chi connectivity index (χ1v) is 5.89. The van der Waals surface area contributed by atoms with Gasteiger partial charge in [0.2, 0.25) is 12.3 Å². The first-order chi connectivity index (χ1) is 7.38. The fourth-order valence-corrected chi connectivity index (χ4v) is 3.07. The Balaban J connectivity index is 1.65. The maximum Gasteiger partial charge on any atom is 0.219 e. The molecule has 1 saturated heterocycles. The first kappa shape index (κ1) is 9.33. The zero-order chi connectivity index (χ0) is 10.1. The molecule has 0 unspecified atom stereocenters. The zero-order valence-corrected chi connectivity index (χ0v) is 8.91. The summed E-state index contributed by atoms with van der Waals surface area (Å²) in [6.45, 7) is 1.20. The highest BCUT2D eigenvalue weighted by Crippen LogP contribution is 2.41. The first-order valence-electron chi connectivity index (χ1n) is 5.89. The Morgan fingerprint density at radius 1 is 1.33 bits per heavy atom. The molecule has 1 aliphatic heterocycles. The van der Waals surface area contributed by atoms with E-state index in [1.807, 2.05) is 0 Å². The Kier molecular flexibility index (Phi) is 2.24. The maximum atomic E-state index is 5.28. The van der Waals surface area contributed by atoms with Gasteiger partial charge < -0.3 is 9.73 Å². The van der Waals surface area contributed by atoms with Gasteiger partial charge in [-0.1, -0.05) is 0 Å². The summed E-state index contributed by atoms with van der Waals surface area (Å²) in [4.78, 5) is 0. The topological polar surface area (TPSA) is 51.0 Å². The second-order valence-electron chi connectivity index (χ2n) is 4.86. The highest BCUT2D eigenvalue weighted by atomic mass is 16.4. The second kappa shape index (κ2) is 3.59. The molecular formula is C11H17N3O. The van der Waals surface area contributed by atoms with Gasteiger partial charge in [0.05, 0.1) is 0 Å². The van der Waals surface area contributed by atoms with E-state index in [-0.39, 0.29) is 0 Å². The number of aromatic nitrogens is 2. The lowest BCUT2D eigenvalue weighted by molar-refractivity contribution is 0.227. The van der Waals surface area contributed by atoms with Gasteiger partial charge in [0, 0.05) is 11.5 Å². The quantitative estimate of drug-likeness (QED) is 0.763. The Morgan fingerprint density at radius 2 is 2.20 bits per heavy atom. The van der Waals surface area contributed by atoms with Crippen LogP contribution in [0.2, 0.25) is 0 Å². The normalized spacial score (nSPS) is 36.1. The molecule has 1 spiro atoms. The fraction of sp³-hybridized carbons (Fsp3) is 0.818. The lowest BCUT2D eigenvalue weighted by Gasteiger charge is -2.36. The van der Waals surface area contributed by atoms with E-state index < -0.39 is 0 Å². The molecule has 2 heterocycles. The molecule has 1 N–H and O–H groups in total. The molecule has 0 amide bonds. The zero-order valence-electron chi connectivity index (χ0n) is 8.91. The van der Waals surface area contributed by atoms with Gasteiger partial charge in [-0.15, -0.1) is 10.2 Å². The number of hydrogen-bond acceptors (Lipinski definition) is 4. The van der Waals surface area contributed by atoms with E-state index in [1.165, 1.54) is 51.5 Å². The van der Waals surface area contributed by atoms with Gasteiger partial charge in [0.25, 0.3) is 0 Å². The molecule has 0 atom stereocenters. The van der Waals surface area contributed by atoms with Gasteiger partial charge in [-0.3, -0.25) is 0 Å². The van der Waals surface area contributed by atoms with Crippen LogP contribution in [0.1, 0.15) is 50.3 Å². The van der Waals surface area contributed by atoms with E-state index in [9.17, 15) is 0 Å². The van der Waals surface area contributed by atoms with Crippen LogP contribution in [0.15, 0.2) is 10.8 Å². The molecular weight excluding hydrogens is 190 g/mol. The number of rotatable bonds is 1. The van der Waals surface area contributed by atoms with Crippen molar-refractivity contribution in [1.82, 2.24) is 15.5 Å².